The van der Waals surface area contributed by atoms with E-state index in [1.807, 2.05) is 38.1 Å². The zero-order valence-electron chi connectivity index (χ0n) is 13.2. The quantitative estimate of drug-likeness (QED) is 0.811. The molecular weight excluding hydrogens is 264 g/mol. The van der Waals surface area contributed by atoms with Crippen molar-refractivity contribution in [2.45, 2.75) is 39.2 Å². The van der Waals surface area contributed by atoms with E-state index in [1.54, 1.807) is 7.11 Å². The summed E-state index contributed by atoms with van der Waals surface area (Å²) >= 11 is 0. The lowest BCUT2D eigenvalue weighted by Gasteiger charge is -2.29. The summed E-state index contributed by atoms with van der Waals surface area (Å²) in [5.41, 5.74) is 6.44. The predicted octanol–water partition coefficient (Wildman–Crippen LogP) is 2.64. The summed E-state index contributed by atoms with van der Waals surface area (Å²) in [4.78, 5) is 12.6. The fourth-order valence-corrected chi connectivity index (χ4v) is 2.43. The Bertz CT molecular complexity index is 476. The number of ether oxygens (including phenoxy) is 1. The van der Waals surface area contributed by atoms with Crippen LogP contribution in [0, 0.1) is 11.3 Å². The van der Waals surface area contributed by atoms with Gasteiger partial charge < -0.3 is 15.8 Å². The van der Waals surface area contributed by atoms with Crippen molar-refractivity contribution in [3.8, 4) is 5.75 Å². The highest BCUT2D eigenvalue weighted by atomic mass is 16.5. The number of hydrogen-bond donors (Lipinski definition) is 2. The normalized spacial score (nSPS) is 18.7. The van der Waals surface area contributed by atoms with Crippen LogP contribution in [0.5, 0.6) is 5.75 Å². The molecule has 116 valence electrons. The molecule has 1 saturated carbocycles. The molecule has 1 aliphatic carbocycles. The lowest BCUT2D eigenvalue weighted by Crippen LogP contribution is -2.45. The molecule has 1 fully saturated rings. The number of nitrogens with two attached hydrogens (primary N) is 1. The first-order valence-electron chi connectivity index (χ1n) is 7.69. The van der Waals surface area contributed by atoms with Crippen LogP contribution in [-0.2, 0) is 4.79 Å². The van der Waals surface area contributed by atoms with Crippen molar-refractivity contribution < 1.29 is 9.53 Å². The molecule has 0 aromatic heterocycles. The molecule has 0 saturated heterocycles. The summed E-state index contributed by atoms with van der Waals surface area (Å²) in [6.45, 7) is 4.31. The molecule has 2 rings (SSSR count). The van der Waals surface area contributed by atoms with Crippen molar-refractivity contribution in [3.05, 3.63) is 29.8 Å². The Morgan fingerprint density at radius 3 is 2.48 bits per heavy atom. The van der Waals surface area contributed by atoms with Crippen LogP contribution in [0.1, 0.15) is 44.7 Å². The summed E-state index contributed by atoms with van der Waals surface area (Å²) in [5, 5.41) is 3.22. The fourth-order valence-electron chi connectivity index (χ4n) is 2.43. The number of benzene rings is 1. The maximum Gasteiger partial charge on any atom is 0.227 e. The SMILES string of the molecule is CCC(C)(CN)C(=O)NC(c1ccc(OC)cc1)C1CC1. The molecule has 0 heterocycles. The number of nitrogens with one attached hydrogen (secondary N) is 1. The molecule has 2 unspecified atom stereocenters. The van der Waals surface area contributed by atoms with Crippen LogP contribution >= 0.6 is 0 Å². The maximum absolute atomic E-state index is 12.6. The lowest BCUT2D eigenvalue weighted by atomic mass is 9.86. The number of carbonyl (C=O) groups excluding carboxylic acids is 1. The van der Waals surface area contributed by atoms with E-state index in [4.69, 9.17) is 10.5 Å². The van der Waals surface area contributed by atoms with Crippen molar-refractivity contribution in [2.75, 3.05) is 13.7 Å². The molecule has 1 aromatic carbocycles. The third-order valence-corrected chi connectivity index (χ3v) is 4.63. The van der Waals surface area contributed by atoms with Gasteiger partial charge in [-0.3, -0.25) is 4.79 Å². The summed E-state index contributed by atoms with van der Waals surface area (Å²) in [6.07, 6.45) is 3.08. The van der Waals surface area contributed by atoms with Crippen LogP contribution in [0.2, 0.25) is 0 Å². The Kier molecular flexibility index (Phi) is 4.88. The van der Waals surface area contributed by atoms with E-state index in [2.05, 4.69) is 5.32 Å². The second-order valence-electron chi connectivity index (χ2n) is 6.18. The Balaban J connectivity index is 2.14. The summed E-state index contributed by atoms with van der Waals surface area (Å²) in [5.74, 6) is 1.43. The third-order valence-electron chi connectivity index (χ3n) is 4.63. The standard InChI is InChI=1S/C17H26N2O2/c1-4-17(2,11-18)16(20)19-15(12-5-6-12)13-7-9-14(21-3)10-8-13/h7-10,12,15H,4-6,11,18H2,1-3H3,(H,19,20). The molecule has 1 aromatic rings. The minimum Gasteiger partial charge on any atom is -0.497 e. The van der Waals surface area contributed by atoms with Gasteiger partial charge in [0.1, 0.15) is 5.75 Å². The molecule has 0 radical (unpaired) electrons. The van der Waals surface area contributed by atoms with Crippen molar-refractivity contribution in [3.63, 3.8) is 0 Å². The first kappa shape index (κ1) is 15.8. The van der Waals surface area contributed by atoms with Gasteiger partial charge in [0.25, 0.3) is 0 Å². The van der Waals surface area contributed by atoms with Gasteiger partial charge in [0.2, 0.25) is 5.91 Å². The number of hydrogen-bond acceptors (Lipinski definition) is 3. The smallest absolute Gasteiger partial charge is 0.227 e. The predicted molar refractivity (Wildman–Crippen MR) is 84.1 cm³/mol. The Labute approximate surface area is 127 Å². The number of carbonyl (C=O) groups is 1. The van der Waals surface area contributed by atoms with Crippen LogP contribution in [0.3, 0.4) is 0 Å². The highest BCUT2D eigenvalue weighted by Crippen LogP contribution is 2.41. The van der Waals surface area contributed by atoms with E-state index in [1.165, 1.54) is 12.8 Å². The largest absolute Gasteiger partial charge is 0.497 e. The van der Waals surface area contributed by atoms with Gasteiger partial charge in [-0.05, 0) is 49.8 Å². The van der Waals surface area contributed by atoms with Crippen molar-refractivity contribution in [1.82, 2.24) is 5.32 Å². The zero-order valence-corrected chi connectivity index (χ0v) is 13.2. The molecule has 0 aliphatic heterocycles. The molecule has 4 nitrogen and oxygen atoms in total. The monoisotopic (exact) mass is 290 g/mol. The minimum atomic E-state index is -0.486. The minimum absolute atomic E-state index is 0.0558. The fraction of sp³-hybridized carbons (Fsp3) is 0.588. The Morgan fingerprint density at radius 2 is 2.05 bits per heavy atom. The van der Waals surface area contributed by atoms with E-state index < -0.39 is 5.41 Å². The van der Waals surface area contributed by atoms with Crippen LogP contribution in [0.15, 0.2) is 24.3 Å². The highest BCUT2D eigenvalue weighted by molar-refractivity contribution is 5.83. The second kappa shape index (κ2) is 6.48. The van der Waals surface area contributed by atoms with Crippen molar-refractivity contribution >= 4 is 5.91 Å². The van der Waals surface area contributed by atoms with Crippen LogP contribution in [0.4, 0.5) is 0 Å². The van der Waals surface area contributed by atoms with E-state index in [0.29, 0.717) is 12.5 Å². The summed E-state index contributed by atoms with van der Waals surface area (Å²) in [7, 11) is 1.66. The first-order chi connectivity index (χ1) is 10.0. The number of rotatable bonds is 7. The third kappa shape index (κ3) is 3.56. The van der Waals surface area contributed by atoms with E-state index >= 15 is 0 Å². The average molecular weight is 290 g/mol. The first-order valence-corrected chi connectivity index (χ1v) is 7.69. The van der Waals surface area contributed by atoms with Crippen LogP contribution in [0.25, 0.3) is 0 Å². The molecule has 1 aliphatic rings. The molecule has 0 spiro atoms. The topological polar surface area (TPSA) is 64.4 Å². The van der Waals surface area contributed by atoms with Gasteiger partial charge in [-0.1, -0.05) is 19.1 Å². The van der Waals surface area contributed by atoms with Gasteiger partial charge >= 0.3 is 0 Å². The summed E-state index contributed by atoms with van der Waals surface area (Å²) < 4.78 is 5.19. The average Bonchev–Trinajstić information content (AvgIpc) is 3.36. The van der Waals surface area contributed by atoms with Gasteiger partial charge in [-0.25, -0.2) is 0 Å². The van der Waals surface area contributed by atoms with Crippen LogP contribution in [-0.4, -0.2) is 19.6 Å². The van der Waals surface area contributed by atoms with E-state index in [0.717, 1.165) is 17.7 Å². The van der Waals surface area contributed by atoms with Gasteiger partial charge in [0, 0.05) is 6.54 Å². The molecule has 3 N–H and O–H groups in total. The molecule has 4 heteroatoms. The second-order valence-corrected chi connectivity index (χ2v) is 6.18. The summed E-state index contributed by atoms with van der Waals surface area (Å²) in [6, 6.07) is 8.04. The van der Waals surface area contributed by atoms with Gasteiger partial charge in [0.05, 0.1) is 18.6 Å². The Hall–Kier alpha value is -1.55. The zero-order chi connectivity index (χ0) is 15.5. The molecule has 21 heavy (non-hydrogen) atoms. The number of methoxy groups -OCH3 is 1. The van der Waals surface area contributed by atoms with Crippen molar-refractivity contribution in [2.24, 2.45) is 17.1 Å². The Morgan fingerprint density at radius 1 is 1.43 bits per heavy atom. The number of amides is 1. The highest BCUT2D eigenvalue weighted by Gasteiger charge is 2.37. The van der Waals surface area contributed by atoms with Gasteiger partial charge in [0.15, 0.2) is 0 Å². The van der Waals surface area contributed by atoms with Gasteiger partial charge in [-0.15, -0.1) is 0 Å². The molecule has 1 amide bonds. The van der Waals surface area contributed by atoms with Gasteiger partial charge in [-0.2, -0.15) is 0 Å². The maximum atomic E-state index is 12.6. The van der Waals surface area contributed by atoms with Crippen molar-refractivity contribution in [1.29, 1.82) is 0 Å². The lowest BCUT2D eigenvalue weighted by molar-refractivity contribution is -0.130. The molecule has 2 atom stereocenters. The molecular formula is C17H26N2O2. The van der Waals surface area contributed by atoms with E-state index in [9.17, 15) is 4.79 Å². The van der Waals surface area contributed by atoms with E-state index in [-0.39, 0.29) is 11.9 Å². The van der Waals surface area contributed by atoms with Crippen LogP contribution < -0.4 is 15.8 Å². The molecule has 0 bridgehead atoms.